The number of carbonyl (C=O) groups is 2. The molecule has 0 spiro atoms. The Labute approximate surface area is 165 Å². The molecule has 0 radical (unpaired) electrons. The lowest BCUT2D eigenvalue weighted by molar-refractivity contribution is -0.147. The van der Waals surface area contributed by atoms with Crippen LogP contribution >= 0.6 is 0 Å². The normalized spacial score (nSPS) is 15.0. The molecule has 28 heavy (non-hydrogen) atoms. The zero-order chi connectivity index (χ0) is 19.8. The van der Waals surface area contributed by atoms with Crippen molar-refractivity contribution in [1.82, 2.24) is 0 Å². The number of benzene rings is 2. The molecule has 6 nitrogen and oxygen atoms in total. The summed E-state index contributed by atoms with van der Waals surface area (Å²) in [7, 11) is 0. The van der Waals surface area contributed by atoms with Crippen molar-refractivity contribution < 1.29 is 19.1 Å². The molecule has 148 valence electrons. The lowest BCUT2D eigenvalue weighted by Gasteiger charge is -2.28. The molecule has 0 unspecified atom stereocenters. The van der Waals surface area contributed by atoms with E-state index in [4.69, 9.17) is 9.47 Å². The molecule has 6 heteroatoms. The Morgan fingerprint density at radius 3 is 2.43 bits per heavy atom. The number of hydrogen-bond acceptors (Lipinski definition) is 5. The number of amides is 1. The first kappa shape index (κ1) is 19.9. The number of nitrogens with one attached hydrogen (secondary N) is 1. The molecule has 3 rings (SSSR count). The summed E-state index contributed by atoms with van der Waals surface area (Å²) in [5.41, 5.74) is 2.85. The minimum Gasteiger partial charge on any atom is -0.456 e. The summed E-state index contributed by atoms with van der Waals surface area (Å²) in [4.78, 5) is 26.3. The topological polar surface area (TPSA) is 67.9 Å². The summed E-state index contributed by atoms with van der Waals surface area (Å²) in [5.74, 6) is -0.682. The van der Waals surface area contributed by atoms with Crippen molar-refractivity contribution in [3.8, 4) is 0 Å². The zero-order valence-electron chi connectivity index (χ0n) is 16.1. The van der Waals surface area contributed by atoms with Gasteiger partial charge in [0.15, 0.2) is 6.61 Å². The highest BCUT2D eigenvalue weighted by Crippen LogP contribution is 2.20. The molecule has 1 atom stereocenters. The van der Waals surface area contributed by atoms with E-state index < -0.39 is 0 Å². The van der Waals surface area contributed by atoms with Crippen LogP contribution in [0, 0.1) is 0 Å². The van der Waals surface area contributed by atoms with Gasteiger partial charge in [-0.2, -0.15) is 0 Å². The summed E-state index contributed by atoms with van der Waals surface area (Å²) in [6.07, 6.45) is 0.242. The number of esters is 1. The Hall–Kier alpha value is -2.86. The number of carbonyl (C=O) groups excluding carboxylic acids is 2. The molecule has 0 aromatic heterocycles. The van der Waals surface area contributed by atoms with E-state index in [1.165, 1.54) is 0 Å². The third kappa shape index (κ3) is 5.82. The van der Waals surface area contributed by atoms with E-state index in [1.54, 1.807) is 0 Å². The minimum absolute atomic E-state index is 0.0458. The monoisotopic (exact) mass is 382 g/mol. The van der Waals surface area contributed by atoms with Gasteiger partial charge in [0.2, 0.25) is 0 Å². The van der Waals surface area contributed by atoms with Gasteiger partial charge in [-0.3, -0.25) is 9.59 Å². The fraction of sp³-hybridized carbons (Fsp3) is 0.364. The van der Waals surface area contributed by atoms with Gasteiger partial charge >= 0.3 is 5.97 Å². The van der Waals surface area contributed by atoms with Crippen molar-refractivity contribution in [3.63, 3.8) is 0 Å². The Morgan fingerprint density at radius 1 is 1.07 bits per heavy atom. The second kappa shape index (κ2) is 9.90. The highest BCUT2D eigenvalue weighted by Gasteiger charge is 2.14. The Bertz CT molecular complexity index is 771. The van der Waals surface area contributed by atoms with Gasteiger partial charge < -0.3 is 19.7 Å². The third-order valence-electron chi connectivity index (χ3n) is 4.73. The van der Waals surface area contributed by atoms with Crippen LogP contribution in [0.3, 0.4) is 0 Å². The van der Waals surface area contributed by atoms with E-state index in [0.717, 1.165) is 37.6 Å². The molecule has 1 saturated heterocycles. The van der Waals surface area contributed by atoms with Crippen LogP contribution in [0.15, 0.2) is 54.6 Å². The molecule has 1 N–H and O–H groups in total. The average Bonchev–Trinajstić information content (AvgIpc) is 2.74. The lowest BCUT2D eigenvalue weighted by atomic mass is 9.98. The summed E-state index contributed by atoms with van der Waals surface area (Å²) < 4.78 is 10.5. The molecule has 0 bridgehead atoms. The summed E-state index contributed by atoms with van der Waals surface area (Å²) in [6.45, 7) is 4.86. The van der Waals surface area contributed by atoms with Crippen LogP contribution in [0.5, 0.6) is 0 Å². The van der Waals surface area contributed by atoms with Gasteiger partial charge in [-0.25, -0.2) is 0 Å². The summed E-state index contributed by atoms with van der Waals surface area (Å²) in [6, 6.07) is 17.4. The molecule has 0 aliphatic carbocycles. The first-order chi connectivity index (χ1) is 13.6. The van der Waals surface area contributed by atoms with E-state index in [0.29, 0.717) is 5.69 Å². The van der Waals surface area contributed by atoms with Crippen molar-refractivity contribution in [2.75, 3.05) is 43.1 Å². The molecule has 1 fully saturated rings. The molecule has 2 aromatic carbocycles. The van der Waals surface area contributed by atoms with Crippen molar-refractivity contribution in [3.05, 3.63) is 60.2 Å². The SMILES string of the molecule is C[C@H](CC(=O)OCC(=O)Nc1ccc(N2CCOCC2)cc1)c1ccccc1. The zero-order valence-corrected chi connectivity index (χ0v) is 16.1. The quantitative estimate of drug-likeness (QED) is 0.745. The number of nitrogens with zero attached hydrogens (tertiary/aromatic N) is 1. The van der Waals surface area contributed by atoms with Gasteiger partial charge in [-0.1, -0.05) is 37.3 Å². The van der Waals surface area contributed by atoms with Crippen LogP contribution < -0.4 is 10.2 Å². The molecule has 0 saturated carbocycles. The number of ether oxygens (including phenoxy) is 2. The van der Waals surface area contributed by atoms with Crippen LogP contribution in [0.4, 0.5) is 11.4 Å². The Morgan fingerprint density at radius 2 is 1.75 bits per heavy atom. The third-order valence-corrected chi connectivity index (χ3v) is 4.73. The van der Waals surface area contributed by atoms with E-state index in [-0.39, 0.29) is 30.8 Å². The molecule has 2 aromatic rings. The predicted molar refractivity (Wildman–Crippen MR) is 109 cm³/mol. The Kier molecular flexibility index (Phi) is 7.03. The summed E-state index contributed by atoms with van der Waals surface area (Å²) >= 11 is 0. The molecule has 1 aliphatic heterocycles. The Balaban J connectivity index is 1.41. The molecule has 1 heterocycles. The van der Waals surface area contributed by atoms with E-state index in [1.807, 2.05) is 61.5 Å². The van der Waals surface area contributed by atoms with E-state index in [2.05, 4.69) is 10.2 Å². The maximum absolute atomic E-state index is 12.0. The fourth-order valence-corrected chi connectivity index (χ4v) is 3.13. The van der Waals surface area contributed by atoms with Crippen molar-refractivity contribution in [1.29, 1.82) is 0 Å². The first-order valence-electron chi connectivity index (χ1n) is 9.55. The standard InChI is InChI=1S/C22H26N2O4/c1-17(18-5-3-2-4-6-18)15-22(26)28-16-21(25)23-19-7-9-20(10-8-19)24-11-13-27-14-12-24/h2-10,17H,11-16H2,1H3,(H,23,25)/t17-/m1/s1. The van der Waals surface area contributed by atoms with Gasteiger partial charge in [0.25, 0.3) is 5.91 Å². The minimum atomic E-state index is -0.380. The lowest BCUT2D eigenvalue weighted by Crippen LogP contribution is -2.36. The van der Waals surface area contributed by atoms with Crippen LogP contribution in [-0.2, 0) is 19.1 Å². The number of rotatable bonds is 7. The van der Waals surface area contributed by atoms with Crippen molar-refractivity contribution in [2.24, 2.45) is 0 Å². The molecule has 1 aliphatic rings. The van der Waals surface area contributed by atoms with Gasteiger partial charge in [0.1, 0.15) is 0 Å². The van der Waals surface area contributed by atoms with Crippen LogP contribution in [0.2, 0.25) is 0 Å². The molecular weight excluding hydrogens is 356 g/mol. The number of morpholine rings is 1. The smallest absolute Gasteiger partial charge is 0.306 e. The van der Waals surface area contributed by atoms with Gasteiger partial charge in [-0.05, 0) is 35.7 Å². The molecular formula is C22H26N2O4. The van der Waals surface area contributed by atoms with Crippen LogP contribution in [-0.4, -0.2) is 44.8 Å². The van der Waals surface area contributed by atoms with Crippen molar-refractivity contribution in [2.45, 2.75) is 19.3 Å². The average molecular weight is 382 g/mol. The second-order valence-corrected chi connectivity index (χ2v) is 6.87. The van der Waals surface area contributed by atoms with E-state index in [9.17, 15) is 9.59 Å². The maximum Gasteiger partial charge on any atom is 0.306 e. The van der Waals surface area contributed by atoms with Crippen molar-refractivity contribution >= 4 is 23.3 Å². The number of hydrogen-bond donors (Lipinski definition) is 1. The molecule has 1 amide bonds. The van der Waals surface area contributed by atoms with Gasteiger partial charge in [-0.15, -0.1) is 0 Å². The van der Waals surface area contributed by atoms with Crippen LogP contribution in [0.25, 0.3) is 0 Å². The largest absolute Gasteiger partial charge is 0.456 e. The van der Waals surface area contributed by atoms with E-state index >= 15 is 0 Å². The second-order valence-electron chi connectivity index (χ2n) is 6.87. The first-order valence-corrected chi connectivity index (χ1v) is 9.55. The summed E-state index contributed by atoms with van der Waals surface area (Å²) in [5, 5.41) is 2.75. The highest BCUT2D eigenvalue weighted by molar-refractivity contribution is 5.93. The maximum atomic E-state index is 12.0. The van der Waals surface area contributed by atoms with Gasteiger partial charge in [0.05, 0.1) is 19.6 Å². The van der Waals surface area contributed by atoms with Gasteiger partial charge in [0, 0.05) is 24.5 Å². The number of anilines is 2. The fourth-order valence-electron chi connectivity index (χ4n) is 3.13. The van der Waals surface area contributed by atoms with Crippen LogP contribution in [0.1, 0.15) is 24.8 Å². The predicted octanol–water partition coefficient (Wildman–Crippen LogP) is 3.20. The highest BCUT2D eigenvalue weighted by atomic mass is 16.5.